The number of nitrogens with one attached hydrogen (secondary N) is 1. The highest BCUT2D eigenvalue weighted by Gasteiger charge is 2.36. The van der Waals surface area contributed by atoms with E-state index in [1.54, 1.807) is 17.0 Å². The molecule has 1 unspecified atom stereocenters. The molecule has 0 saturated carbocycles. The lowest BCUT2D eigenvalue weighted by molar-refractivity contribution is -0.131. The first-order valence-electron chi connectivity index (χ1n) is 7.60. The lowest BCUT2D eigenvalue weighted by Crippen LogP contribution is -2.44. The van der Waals surface area contributed by atoms with Crippen molar-refractivity contribution in [3.63, 3.8) is 0 Å². The maximum Gasteiger partial charge on any atom is 0.225 e. The van der Waals surface area contributed by atoms with Gasteiger partial charge < -0.3 is 10.2 Å². The quantitative estimate of drug-likeness (QED) is 0.928. The fourth-order valence-electron chi connectivity index (χ4n) is 2.66. The molecule has 1 aliphatic heterocycles. The summed E-state index contributed by atoms with van der Waals surface area (Å²) in [6, 6.07) is 6.03. The van der Waals surface area contributed by atoms with Gasteiger partial charge in [-0.1, -0.05) is 12.1 Å². The van der Waals surface area contributed by atoms with E-state index >= 15 is 0 Å². The summed E-state index contributed by atoms with van der Waals surface area (Å²) in [5.74, 6) is -0.269. The Morgan fingerprint density at radius 1 is 1.32 bits per heavy atom. The molecule has 0 bridgehead atoms. The lowest BCUT2D eigenvalue weighted by Gasteiger charge is -2.32. The average molecular weight is 306 g/mol. The number of halogens is 1. The number of carbonyl (C=O) groups excluding carboxylic acids is 2. The third-order valence-corrected chi connectivity index (χ3v) is 3.85. The summed E-state index contributed by atoms with van der Waals surface area (Å²) < 4.78 is 12.8. The van der Waals surface area contributed by atoms with Crippen molar-refractivity contribution in [1.29, 1.82) is 0 Å². The normalized spacial score (nSPS) is 18.6. The number of likely N-dealkylation sites (tertiary alicyclic amines) is 1. The minimum absolute atomic E-state index is 0.0714. The molecule has 120 valence electrons. The molecular formula is C17H23FN2O2. The summed E-state index contributed by atoms with van der Waals surface area (Å²) in [6.07, 6.45) is 1.27. The number of rotatable bonds is 4. The average Bonchev–Trinajstić information content (AvgIpc) is 2.79. The largest absolute Gasteiger partial charge is 0.351 e. The van der Waals surface area contributed by atoms with Crippen molar-refractivity contribution in [3.8, 4) is 0 Å². The molecule has 1 aromatic carbocycles. The van der Waals surface area contributed by atoms with Gasteiger partial charge in [-0.05, 0) is 44.9 Å². The molecule has 0 aliphatic carbocycles. The molecule has 4 nitrogen and oxygen atoms in total. The van der Waals surface area contributed by atoms with E-state index in [9.17, 15) is 14.0 Å². The highest BCUT2D eigenvalue weighted by molar-refractivity contribution is 5.82. The van der Waals surface area contributed by atoms with Gasteiger partial charge in [-0.3, -0.25) is 9.59 Å². The van der Waals surface area contributed by atoms with Crippen LogP contribution in [0.4, 0.5) is 4.39 Å². The molecule has 1 aromatic rings. The Labute approximate surface area is 130 Å². The van der Waals surface area contributed by atoms with Gasteiger partial charge >= 0.3 is 0 Å². The molecule has 1 fully saturated rings. The Morgan fingerprint density at radius 3 is 2.50 bits per heavy atom. The number of hydrogen-bond acceptors (Lipinski definition) is 2. The Morgan fingerprint density at radius 2 is 1.95 bits per heavy atom. The van der Waals surface area contributed by atoms with Crippen LogP contribution in [0.3, 0.4) is 0 Å². The number of hydrogen-bond donors (Lipinski definition) is 1. The van der Waals surface area contributed by atoms with E-state index < -0.39 is 0 Å². The van der Waals surface area contributed by atoms with Crippen molar-refractivity contribution < 1.29 is 14.0 Å². The van der Waals surface area contributed by atoms with E-state index in [0.717, 1.165) is 5.56 Å². The van der Waals surface area contributed by atoms with Crippen LogP contribution in [0.1, 0.15) is 39.2 Å². The third kappa shape index (κ3) is 4.29. The number of benzene rings is 1. The molecule has 0 radical (unpaired) electrons. The standard InChI is InChI=1S/C17H23FN2O2/c1-17(2,3)20-11-14(10-16(20)22)19-15(21)9-6-12-4-7-13(18)8-5-12/h4-5,7-8,14H,6,9-11H2,1-3H3,(H,19,21). The van der Waals surface area contributed by atoms with Crippen molar-refractivity contribution >= 4 is 11.8 Å². The van der Waals surface area contributed by atoms with Gasteiger partial charge in [-0.15, -0.1) is 0 Å². The van der Waals surface area contributed by atoms with Crippen LogP contribution in [-0.2, 0) is 16.0 Å². The molecule has 1 aliphatic rings. The zero-order valence-electron chi connectivity index (χ0n) is 13.4. The number of amides is 2. The van der Waals surface area contributed by atoms with E-state index in [1.165, 1.54) is 12.1 Å². The molecule has 1 atom stereocenters. The predicted octanol–water partition coefficient (Wildman–Crippen LogP) is 2.27. The first-order chi connectivity index (χ1) is 10.3. The smallest absolute Gasteiger partial charge is 0.225 e. The molecule has 1 heterocycles. The molecular weight excluding hydrogens is 283 g/mol. The lowest BCUT2D eigenvalue weighted by atomic mass is 10.1. The Balaban J connectivity index is 1.80. The van der Waals surface area contributed by atoms with Gasteiger partial charge in [0, 0.05) is 24.9 Å². The summed E-state index contributed by atoms with van der Waals surface area (Å²) in [4.78, 5) is 25.8. The zero-order valence-corrected chi connectivity index (χ0v) is 13.4. The van der Waals surface area contributed by atoms with E-state index in [4.69, 9.17) is 0 Å². The fraction of sp³-hybridized carbons (Fsp3) is 0.529. The SMILES string of the molecule is CC(C)(C)N1CC(NC(=O)CCc2ccc(F)cc2)CC1=O. The Hall–Kier alpha value is -1.91. The van der Waals surface area contributed by atoms with Crippen LogP contribution in [0.25, 0.3) is 0 Å². The minimum Gasteiger partial charge on any atom is -0.351 e. The van der Waals surface area contributed by atoms with Gasteiger partial charge in [-0.25, -0.2) is 4.39 Å². The van der Waals surface area contributed by atoms with Gasteiger partial charge in [0.15, 0.2) is 0 Å². The predicted molar refractivity (Wildman–Crippen MR) is 82.7 cm³/mol. The maximum absolute atomic E-state index is 12.8. The van der Waals surface area contributed by atoms with E-state index in [1.807, 2.05) is 20.8 Å². The van der Waals surface area contributed by atoms with E-state index in [-0.39, 0.29) is 29.2 Å². The van der Waals surface area contributed by atoms with Gasteiger partial charge in [0.2, 0.25) is 11.8 Å². The van der Waals surface area contributed by atoms with Crippen LogP contribution in [-0.4, -0.2) is 34.8 Å². The van der Waals surface area contributed by atoms with E-state index in [2.05, 4.69) is 5.32 Å². The van der Waals surface area contributed by atoms with Crippen molar-refractivity contribution in [3.05, 3.63) is 35.6 Å². The van der Waals surface area contributed by atoms with Gasteiger partial charge in [-0.2, -0.15) is 0 Å². The molecule has 22 heavy (non-hydrogen) atoms. The molecule has 2 rings (SSSR count). The Kier molecular flexibility index (Phi) is 4.84. The second kappa shape index (κ2) is 6.46. The highest BCUT2D eigenvalue weighted by Crippen LogP contribution is 2.21. The van der Waals surface area contributed by atoms with Crippen LogP contribution in [0.15, 0.2) is 24.3 Å². The summed E-state index contributed by atoms with van der Waals surface area (Å²) in [5, 5.41) is 2.92. The summed E-state index contributed by atoms with van der Waals surface area (Å²) in [7, 11) is 0. The van der Waals surface area contributed by atoms with Gasteiger partial charge in [0.1, 0.15) is 5.82 Å². The molecule has 1 N–H and O–H groups in total. The van der Waals surface area contributed by atoms with Crippen molar-refractivity contribution in [2.24, 2.45) is 0 Å². The van der Waals surface area contributed by atoms with Gasteiger partial charge in [0.05, 0.1) is 6.04 Å². The Bertz CT molecular complexity index is 549. The first-order valence-corrected chi connectivity index (χ1v) is 7.60. The molecule has 5 heteroatoms. The topological polar surface area (TPSA) is 49.4 Å². The van der Waals surface area contributed by atoms with Crippen LogP contribution in [0, 0.1) is 5.82 Å². The summed E-state index contributed by atoms with van der Waals surface area (Å²) in [5.41, 5.74) is 0.709. The molecule has 1 saturated heterocycles. The monoisotopic (exact) mass is 306 g/mol. The van der Waals surface area contributed by atoms with Crippen molar-refractivity contribution in [1.82, 2.24) is 10.2 Å². The second-order valence-corrected chi connectivity index (χ2v) is 6.77. The van der Waals surface area contributed by atoms with Crippen molar-refractivity contribution in [2.45, 2.75) is 51.6 Å². The summed E-state index contributed by atoms with van der Waals surface area (Å²) in [6.45, 7) is 6.53. The third-order valence-electron chi connectivity index (χ3n) is 3.85. The molecule has 0 aromatic heterocycles. The van der Waals surface area contributed by atoms with Crippen LogP contribution < -0.4 is 5.32 Å². The van der Waals surface area contributed by atoms with Crippen LogP contribution in [0.5, 0.6) is 0 Å². The maximum atomic E-state index is 12.8. The van der Waals surface area contributed by atoms with Crippen molar-refractivity contribution in [2.75, 3.05) is 6.54 Å². The van der Waals surface area contributed by atoms with Crippen LogP contribution in [0.2, 0.25) is 0 Å². The molecule has 0 spiro atoms. The first kappa shape index (κ1) is 16.5. The fourth-order valence-corrected chi connectivity index (χ4v) is 2.66. The van der Waals surface area contributed by atoms with E-state index in [0.29, 0.717) is 25.8 Å². The van der Waals surface area contributed by atoms with Crippen LogP contribution >= 0.6 is 0 Å². The number of aryl methyl sites for hydroxylation is 1. The molecule has 2 amide bonds. The summed E-state index contributed by atoms with van der Waals surface area (Å²) >= 11 is 0. The zero-order chi connectivity index (χ0) is 16.3. The number of nitrogens with zero attached hydrogens (tertiary/aromatic N) is 1. The number of carbonyl (C=O) groups is 2. The highest BCUT2D eigenvalue weighted by atomic mass is 19.1. The van der Waals surface area contributed by atoms with Gasteiger partial charge in [0.25, 0.3) is 0 Å². The second-order valence-electron chi connectivity index (χ2n) is 6.77. The minimum atomic E-state index is -0.278.